The predicted octanol–water partition coefficient (Wildman–Crippen LogP) is 4.23. The van der Waals surface area contributed by atoms with Gasteiger partial charge >= 0.3 is 0 Å². The van der Waals surface area contributed by atoms with E-state index in [9.17, 15) is 0 Å². The Morgan fingerprint density at radius 1 is 1.25 bits per heavy atom. The Morgan fingerprint density at radius 2 is 2.00 bits per heavy atom. The first-order valence-electron chi connectivity index (χ1n) is 6.06. The molecule has 0 spiro atoms. The molecule has 1 heteroatoms. The number of para-hydroxylation sites is 1. The van der Waals surface area contributed by atoms with Gasteiger partial charge in [-0.1, -0.05) is 44.2 Å². The van der Waals surface area contributed by atoms with E-state index in [1.54, 1.807) is 0 Å². The number of ether oxygens (including phenoxy) is 1. The largest absolute Gasteiger partial charge is 0.493 e. The molecule has 0 bridgehead atoms. The van der Waals surface area contributed by atoms with E-state index in [2.05, 4.69) is 51.1 Å². The van der Waals surface area contributed by atoms with Crippen molar-refractivity contribution < 1.29 is 4.74 Å². The Hall–Kier alpha value is -1.24. The Bertz CT molecular complexity index is 326. The summed E-state index contributed by atoms with van der Waals surface area (Å²) in [6.45, 7) is 7.19. The molecule has 1 aromatic rings. The molecular weight excluding hydrogens is 196 g/mol. The normalized spacial score (nSPS) is 11.2. The lowest BCUT2D eigenvalue weighted by molar-refractivity contribution is 0.268. The first kappa shape index (κ1) is 12.8. The van der Waals surface area contributed by atoms with Crippen molar-refractivity contribution in [3.63, 3.8) is 0 Å². The molecule has 16 heavy (non-hydrogen) atoms. The second kappa shape index (κ2) is 7.10. The van der Waals surface area contributed by atoms with Crippen LogP contribution < -0.4 is 4.74 Å². The molecule has 0 N–H and O–H groups in total. The van der Waals surface area contributed by atoms with Crippen LogP contribution in [0.5, 0.6) is 5.75 Å². The monoisotopic (exact) mass is 218 g/mol. The summed E-state index contributed by atoms with van der Waals surface area (Å²) in [5.41, 5.74) is 1.31. The van der Waals surface area contributed by atoms with Crippen LogP contribution in [0.15, 0.2) is 36.4 Å². The molecule has 0 unspecified atom stereocenters. The van der Waals surface area contributed by atoms with Gasteiger partial charge in [0.15, 0.2) is 0 Å². The highest BCUT2D eigenvalue weighted by Crippen LogP contribution is 2.20. The van der Waals surface area contributed by atoms with Crippen molar-refractivity contribution >= 4 is 0 Å². The average Bonchev–Trinajstić information content (AvgIpc) is 2.28. The minimum atomic E-state index is 0.573. The number of allylic oxidation sites excluding steroid dienone is 2. The molecule has 0 saturated heterocycles. The van der Waals surface area contributed by atoms with Crippen LogP contribution in [0.4, 0.5) is 0 Å². The lowest BCUT2D eigenvalue weighted by Gasteiger charge is -2.12. The maximum atomic E-state index is 5.81. The Kier molecular flexibility index (Phi) is 5.69. The third kappa shape index (κ3) is 4.52. The van der Waals surface area contributed by atoms with E-state index < -0.39 is 0 Å². The zero-order valence-electron chi connectivity index (χ0n) is 10.6. The van der Waals surface area contributed by atoms with Gasteiger partial charge in [0.25, 0.3) is 0 Å². The van der Waals surface area contributed by atoms with E-state index >= 15 is 0 Å². The number of aryl methyl sites for hydroxylation is 1. The molecule has 1 aromatic carbocycles. The third-order valence-corrected chi connectivity index (χ3v) is 2.36. The summed E-state index contributed by atoms with van der Waals surface area (Å²) in [4.78, 5) is 0. The van der Waals surface area contributed by atoms with Crippen molar-refractivity contribution in [2.45, 2.75) is 33.6 Å². The van der Waals surface area contributed by atoms with Crippen LogP contribution in [-0.2, 0) is 6.42 Å². The smallest absolute Gasteiger partial charge is 0.122 e. The van der Waals surface area contributed by atoms with E-state index in [-0.39, 0.29) is 0 Å². The third-order valence-electron chi connectivity index (χ3n) is 2.36. The molecule has 0 radical (unpaired) electrons. The molecule has 1 nitrogen and oxygen atoms in total. The zero-order chi connectivity index (χ0) is 11.8. The van der Waals surface area contributed by atoms with Gasteiger partial charge in [-0.3, -0.25) is 0 Å². The molecular formula is C15H22O. The van der Waals surface area contributed by atoms with Crippen molar-refractivity contribution in [2.75, 3.05) is 6.61 Å². The lowest BCUT2D eigenvalue weighted by Crippen LogP contribution is -2.06. The Balaban J connectivity index is 2.60. The van der Waals surface area contributed by atoms with Crippen LogP contribution in [0, 0.1) is 5.92 Å². The average molecular weight is 218 g/mol. The minimum absolute atomic E-state index is 0.573. The maximum absolute atomic E-state index is 5.81. The van der Waals surface area contributed by atoms with Crippen LogP contribution in [0.1, 0.15) is 32.8 Å². The van der Waals surface area contributed by atoms with E-state index in [4.69, 9.17) is 4.74 Å². The van der Waals surface area contributed by atoms with Gasteiger partial charge in [0.05, 0.1) is 6.61 Å². The van der Waals surface area contributed by atoms with Gasteiger partial charge in [-0.25, -0.2) is 0 Å². The van der Waals surface area contributed by atoms with Crippen LogP contribution in [0.3, 0.4) is 0 Å². The predicted molar refractivity (Wildman–Crippen MR) is 69.9 cm³/mol. The van der Waals surface area contributed by atoms with Crippen LogP contribution in [0.2, 0.25) is 0 Å². The SMILES string of the molecule is C/C=C\CCc1ccccc1OCC(C)C. The van der Waals surface area contributed by atoms with Crippen LogP contribution in [0.25, 0.3) is 0 Å². The summed E-state index contributed by atoms with van der Waals surface area (Å²) in [5, 5.41) is 0. The summed E-state index contributed by atoms with van der Waals surface area (Å²) >= 11 is 0. The van der Waals surface area contributed by atoms with E-state index in [1.165, 1.54) is 5.56 Å². The van der Waals surface area contributed by atoms with E-state index in [0.29, 0.717) is 5.92 Å². The molecule has 1 rings (SSSR count). The maximum Gasteiger partial charge on any atom is 0.122 e. The van der Waals surface area contributed by atoms with Gasteiger partial charge in [-0.15, -0.1) is 0 Å². The molecule has 0 atom stereocenters. The summed E-state index contributed by atoms with van der Waals surface area (Å²) in [6.07, 6.45) is 6.42. The van der Waals surface area contributed by atoms with E-state index in [0.717, 1.165) is 25.2 Å². The first-order chi connectivity index (χ1) is 7.74. The quantitative estimate of drug-likeness (QED) is 0.649. The first-order valence-corrected chi connectivity index (χ1v) is 6.06. The number of benzene rings is 1. The molecule has 0 aliphatic rings. The molecule has 0 aromatic heterocycles. The fourth-order valence-electron chi connectivity index (χ4n) is 1.51. The van der Waals surface area contributed by atoms with Gasteiger partial charge in [0, 0.05) is 0 Å². The van der Waals surface area contributed by atoms with Gasteiger partial charge in [-0.2, -0.15) is 0 Å². The molecule has 88 valence electrons. The van der Waals surface area contributed by atoms with Crippen molar-refractivity contribution in [1.82, 2.24) is 0 Å². The Morgan fingerprint density at radius 3 is 2.69 bits per heavy atom. The van der Waals surface area contributed by atoms with Crippen molar-refractivity contribution in [3.05, 3.63) is 42.0 Å². The summed E-state index contributed by atoms with van der Waals surface area (Å²) < 4.78 is 5.81. The van der Waals surface area contributed by atoms with Gasteiger partial charge in [-0.05, 0) is 37.3 Å². The second-order valence-corrected chi connectivity index (χ2v) is 4.42. The molecule has 0 aliphatic carbocycles. The standard InChI is InChI=1S/C15H22O/c1-4-5-6-9-14-10-7-8-11-15(14)16-12-13(2)3/h4-5,7-8,10-11,13H,6,9,12H2,1-3H3/b5-4-. The molecule has 0 heterocycles. The molecule has 0 saturated carbocycles. The number of hydrogen-bond donors (Lipinski definition) is 0. The topological polar surface area (TPSA) is 9.23 Å². The van der Waals surface area contributed by atoms with Crippen molar-refractivity contribution in [3.8, 4) is 5.75 Å². The van der Waals surface area contributed by atoms with E-state index in [1.807, 2.05) is 6.07 Å². The lowest BCUT2D eigenvalue weighted by atomic mass is 10.1. The van der Waals surface area contributed by atoms with Crippen molar-refractivity contribution in [1.29, 1.82) is 0 Å². The molecule has 0 fully saturated rings. The van der Waals surface area contributed by atoms with Gasteiger partial charge < -0.3 is 4.74 Å². The highest BCUT2D eigenvalue weighted by atomic mass is 16.5. The minimum Gasteiger partial charge on any atom is -0.493 e. The number of hydrogen-bond acceptors (Lipinski definition) is 1. The fraction of sp³-hybridized carbons (Fsp3) is 0.467. The van der Waals surface area contributed by atoms with Crippen LogP contribution >= 0.6 is 0 Å². The van der Waals surface area contributed by atoms with Gasteiger partial charge in [0.2, 0.25) is 0 Å². The Labute approximate surface area is 99.1 Å². The number of rotatable bonds is 6. The highest BCUT2D eigenvalue weighted by Gasteiger charge is 2.02. The summed E-state index contributed by atoms with van der Waals surface area (Å²) in [7, 11) is 0. The summed E-state index contributed by atoms with van der Waals surface area (Å²) in [6, 6.07) is 8.33. The fourth-order valence-corrected chi connectivity index (χ4v) is 1.51. The highest BCUT2D eigenvalue weighted by molar-refractivity contribution is 5.33. The van der Waals surface area contributed by atoms with Crippen LogP contribution in [-0.4, -0.2) is 6.61 Å². The summed E-state index contributed by atoms with van der Waals surface area (Å²) in [5.74, 6) is 1.62. The van der Waals surface area contributed by atoms with Gasteiger partial charge in [0.1, 0.15) is 5.75 Å². The zero-order valence-corrected chi connectivity index (χ0v) is 10.6. The molecule has 0 aliphatic heterocycles. The van der Waals surface area contributed by atoms with Crippen molar-refractivity contribution in [2.24, 2.45) is 5.92 Å². The molecule has 0 amide bonds. The second-order valence-electron chi connectivity index (χ2n) is 4.42.